The first kappa shape index (κ1) is 19.6. The van der Waals surface area contributed by atoms with Gasteiger partial charge in [-0.05, 0) is 31.5 Å². The zero-order valence-corrected chi connectivity index (χ0v) is 15.2. The molecule has 1 heterocycles. The van der Waals surface area contributed by atoms with Gasteiger partial charge in [-0.3, -0.25) is 0 Å². The molecule has 1 N–H and O–H groups in total. The molecule has 1 aromatic heterocycles. The first-order valence-corrected chi connectivity index (χ1v) is 8.43. The molecule has 1 aromatic carbocycles. The van der Waals surface area contributed by atoms with Gasteiger partial charge >= 0.3 is 6.61 Å². The highest BCUT2D eigenvalue weighted by Crippen LogP contribution is 2.15. The molecule has 0 saturated carbocycles. The summed E-state index contributed by atoms with van der Waals surface area (Å²) in [6.45, 7) is 3.70. The van der Waals surface area contributed by atoms with E-state index in [9.17, 15) is 8.78 Å². The van der Waals surface area contributed by atoms with Gasteiger partial charge in [-0.1, -0.05) is 12.1 Å². The van der Waals surface area contributed by atoms with Crippen LogP contribution in [0.5, 0.6) is 5.75 Å². The van der Waals surface area contributed by atoms with Gasteiger partial charge in [0.2, 0.25) is 0 Å². The molecular formula is C17H24F2N6O. The lowest BCUT2D eigenvalue weighted by Gasteiger charge is -2.22. The number of halogens is 2. The van der Waals surface area contributed by atoms with Crippen LogP contribution in [0.15, 0.2) is 35.6 Å². The molecule has 0 bridgehead atoms. The number of nitrogens with one attached hydrogen (secondary N) is 1. The Balaban J connectivity index is 2.03. The molecule has 0 saturated heterocycles. The van der Waals surface area contributed by atoms with Crippen LogP contribution in [-0.2, 0) is 19.6 Å². The third-order valence-corrected chi connectivity index (χ3v) is 3.67. The minimum Gasteiger partial charge on any atom is -0.435 e. The molecule has 2 rings (SSSR count). The molecule has 0 fully saturated rings. The Morgan fingerprint density at radius 1 is 1.31 bits per heavy atom. The van der Waals surface area contributed by atoms with Crippen LogP contribution in [0.4, 0.5) is 8.78 Å². The van der Waals surface area contributed by atoms with Crippen LogP contribution in [0.3, 0.4) is 0 Å². The highest BCUT2D eigenvalue weighted by Gasteiger charge is 2.09. The fourth-order valence-corrected chi connectivity index (χ4v) is 2.41. The third kappa shape index (κ3) is 5.68. The molecular weight excluding hydrogens is 342 g/mol. The van der Waals surface area contributed by atoms with Crippen molar-refractivity contribution in [2.24, 2.45) is 4.99 Å². The largest absolute Gasteiger partial charge is 0.435 e. The van der Waals surface area contributed by atoms with E-state index >= 15 is 0 Å². The predicted octanol–water partition coefficient (Wildman–Crippen LogP) is 2.50. The molecule has 0 unspecified atom stereocenters. The van der Waals surface area contributed by atoms with E-state index in [0.29, 0.717) is 13.1 Å². The van der Waals surface area contributed by atoms with Crippen molar-refractivity contribution in [3.8, 4) is 5.75 Å². The molecule has 0 aliphatic heterocycles. The van der Waals surface area contributed by atoms with Gasteiger partial charge in [0.05, 0.1) is 0 Å². The molecule has 7 nitrogen and oxygen atoms in total. The van der Waals surface area contributed by atoms with Crippen LogP contribution in [0.2, 0.25) is 0 Å². The summed E-state index contributed by atoms with van der Waals surface area (Å²) in [5.74, 6) is 1.67. The van der Waals surface area contributed by atoms with E-state index in [-0.39, 0.29) is 5.75 Å². The first-order valence-electron chi connectivity index (χ1n) is 8.43. The average molecular weight is 366 g/mol. The Morgan fingerprint density at radius 3 is 2.65 bits per heavy atom. The Bertz CT molecular complexity index is 702. The zero-order chi connectivity index (χ0) is 18.9. The molecule has 0 aliphatic carbocycles. The monoisotopic (exact) mass is 366 g/mol. The second kappa shape index (κ2) is 9.69. The van der Waals surface area contributed by atoms with E-state index in [4.69, 9.17) is 0 Å². The number of aryl methyl sites for hydroxylation is 1. The van der Waals surface area contributed by atoms with Gasteiger partial charge in [-0.2, -0.15) is 8.78 Å². The molecule has 26 heavy (non-hydrogen) atoms. The minimum absolute atomic E-state index is 0.144. The van der Waals surface area contributed by atoms with Crippen LogP contribution < -0.4 is 10.1 Å². The summed E-state index contributed by atoms with van der Waals surface area (Å²) in [5.41, 5.74) is 0.955. The smallest absolute Gasteiger partial charge is 0.387 e. The van der Waals surface area contributed by atoms with Gasteiger partial charge in [0.15, 0.2) is 11.8 Å². The van der Waals surface area contributed by atoms with Gasteiger partial charge in [-0.15, -0.1) is 10.2 Å². The molecule has 142 valence electrons. The van der Waals surface area contributed by atoms with Crippen LogP contribution in [-0.4, -0.2) is 45.8 Å². The minimum atomic E-state index is -2.82. The normalized spacial score (nSPS) is 11.7. The van der Waals surface area contributed by atoms with Gasteiger partial charge < -0.3 is 19.5 Å². The molecule has 0 spiro atoms. The molecule has 9 heteroatoms. The van der Waals surface area contributed by atoms with Gasteiger partial charge in [0.25, 0.3) is 0 Å². The van der Waals surface area contributed by atoms with Crippen molar-refractivity contribution < 1.29 is 13.5 Å². The summed E-state index contributed by atoms with van der Waals surface area (Å²) in [5, 5.41) is 11.2. The fraction of sp³-hybridized carbons (Fsp3) is 0.471. The number of nitrogens with zero attached hydrogens (tertiary/aromatic N) is 5. The van der Waals surface area contributed by atoms with Crippen LogP contribution in [0.25, 0.3) is 0 Å². The van der Waals surface area contributed by atoms with E-state index in [1.54, 1.807) is 18.5 Å². The SMILES string of the molecule is CCNC(=NCc1nncn1CC)N(C)Cc1ccc(OC(F)F)cc1. The van der Waals surface area contributed by atoms with Gasteiger partial charge in [0, 0.05) is 26.7 Å². The number of hydrogen-bond donors (Lipinski definition) is 1. The summed E-state index contributed by atoms with van der Waals surface area (Å²) in [6.07, 6.45) is 1.69. The zero-order valence-electron chi connectivity index (χ0n) is 15.2. The molecule has 0 radical (unpaired) electrons. The lowest BCUT2D eigenvalue weighted by Crippen LogP contribution is -2.38. The quantitative estimate of drug-likeness (QED) is 0.574. The number of aromatic nitrogens is 3. The lowest BCUT2D eigenvalue weighted by atomic mass is 10.2. The molecule has 2 aromatic rings. The van der Waals surface area contributed by atoms with Crippen LogP contribution in [0, 0.1) is 0 Å². The van der Waals surface area contributed by atoms with E-state index in [1.807, 2.05) is 30.4 Å². The number of benzene rings is 1. The highest BCUT2D eigenvalue weighted by atomic mass is 19.3. The summed E-state index contributed by atoms with van der Waals surface area (Å²) >= 11 is 0. The standard InChI is InChI=1S/C17H24F2N6O/c1-4-20-17(21-10-15-23-22-12-25(15)5-2)24(3)11-13-6-8-14(9-7-13)26-16(18)19/h6-9,12,16H,4-5,10-11H2,1-3H3,(H,20,21). The van der Waals surface area contributed by atoms with Crippen LogP contribution >= 0.6 is 0 Å². The highest BCUT2D eigenvalue weighted by molar-refractivity contribution is 5.79. The number of alkyl halides is 2. The number of rotatable bonds is 8. The van der Waals surface area contributed by atoms with E-state index in [1.165, 1.54) is 12.1 Å². The van der Waals surface area contributed by atoms with Gasteiger partial charge in [-0.25, -0.2) is 4.99 Å². The van der Waals surface area contributed by atoms with E-state index in [0.717, 1.165) is 30.4 Å². The fourth-order valence-electron chi connectivity index (χ4n) is 2.41. The topological polar surface area (TPSA) is 67.6 Å². The Kier molecular flexibility index (Phi) is 7.31. The maximum Gasteiger partial charge on any atom is 0.387 e. The second-order valence-corrected chi connectivity index (χ2v) is 5.58. The summed E-state index contributed by atoms with van der Waals surface area (Å²) < 4.78 is 30.7. The number of guanidine groups is 1. The predicted molar refractivity (Wildman–Crippen MR) is 95.1 cm³/mol. The van der Waals surface area contributed by atoms with Crippen molar-refractivity contribution in [2.45, 2.75) is 40.1 Å². The van der Waals surface area contributed by atoms with Crippen molar-refractivity contribution in [3.63, 3.8) is 0 Å². The number of ether oxygens (including phenoxy) is 1. The lowest BCUT2D eigenvalue weighted by molar-refractivity contribution is -0.0498. The van der Waals surface area contributed by atoms with Crippen molar-refractivity contribution >= 4 is 5.96 Å². The van der Waals surface area contributed by atoms with E-state index in [2.05, 4.69) is 25.2 Å². The van der Waals surface area contributed by atoms with Crippen LogP contribution in [0.1, 0.15) is 25.2 Å². The van der Waals surface area contributed by atoms with Crippen molar-refractivity contribution in [1.82, 2.24) is 25.0 Å². The molecule has 0 atom stereocenters. The summed E-state index contributed by atoms with van der Waals surface area (Å²) in [4.78, 5) is 6.56. The maximum absolute atomic E-state index is 12.2. The van der Waals surface area contributed by atoms with Crippen molar-refractivity contribution in [1.29, 1.82) is 0 Å². The number of aliphatic imine (C=N–C) groups is 1. The first-order chi connectivity index (χ1) is 12.5. The molecule has 0 aliphatic rings. The summed E-state index contributed by atoms with van der Waals surface area (Å²) in [6, 6.07) is 6.57. The third-order valence-electron chi connectivity index (χ3n) is 3.67. The van der Waals surface area contributed by atoms with E-state index < -0.39 is 6.61 Å². The maximum atomic E-state index is 12.2. The Morgan fingerprint density at radius 2 is 2.04 bits per heavy atom. The Labute approximate surface area is 151 Å². The molecule has 0 amide bonds. The van der Waals surface area contributed by atoms with Gasteiger partial charge in [0.1, 0.15) is 18.6 Å². The van der Waals surface area contributed by atoms with Crippen molar-refractivity contribution in [2.75, 3.05) is 13.6 Å². The van der Waals surface area contributed by atoms with Crippen molar-refractivity contribution in [3.05, 3.63) is 42.0 Å². The second-order valence-electron chi connectivity index (χ2n) is 5.58. The summed E-state index contributed by atoms with van der Waals surface area (Å²) in [7, 11) is 1.91. The number of hydrogen-bond acceptors (Lipinski definition) is 4. The average Bonchev–Trinajstić information content (AvgIpc) is 3.07. The Hall–Kier alpha value is -2.71.